The molecule has 1 saturated heterocycles. The lowest BCUT2D eigenvalue weighted by atomic mass is 9.96. The SMILES string of the molecule is Cc1c([C@@H](C)Nc2nnc(C)c3ccc(O[C@H]4CCOC4)cc23)cc(N)cc1C(F)(F)F. The number of nitrogens with one attached hydrogen (secondary N) is 1. The summed E-state index contributed by atoms with van der Waals surface area (Å²) in [6, 6.07) is 7.68. The maximum absolute atomic E-state index is 13.4. The molecule has 3 N–H and O–H groups in total. The molecule has 1 fully saturated rings. The third-order valence-corrected chi connectivity index (χ3v) is 5.72. The van der Waals surface area contributed by atoms with Gasteiger partial charge in [-0.05, 0) is 62.2 Å². The van der Waals surface area contributed by atoms with Crippen molar-refractivity contribution >= 4 is 22.3 Å². The highest BCUT2D eigenvalue weighted by Crippen LogP contribution is 2.37. The Morgan fingerprint density at radius 1 is 1.16 bits per heavy atom. The number of nitrogens with two attached hydrogens (primary N) is 1. The van der Waals surface area contributed by atoms with Gasteiger partial charge in [0.15, 0.2) is 5.82 Å². The lowest BCUT2D eigenvalue weighted by molar-refractivity contribution is -0.138. The molecule has 3 aromatic rings. The lowest BCUT2D eigenvalue weighted by Gasteiger charge is -2.22. The van der Waals surface area contributed by atoms with Gasteiger partial charge < -0.3 is 20.5 Å². The number of fused-ring (bicyclic) bond motifs is 1. The lowest BCUT2D eigenvalue weighted by Crippen LogP contribution is -2.16. The molecule has 1 aliphatic rings. The Balaban J connectivity index is 1.69. The van der Waals surface area contributed by atoms with Crippen LogP contribution in [-0.4, -0.2) is 29.5 Å². The Hall–Kier alpha value is -3.07. The van der Waals surface area contributed by atoms with Crippen molar-refractivity contribution in [1.82, 2.24) is 10.2 Å². The third kappa shape index (κ3) is 4.43. The van der Waals surface area contributed by atoms with E-state index in [1.807, 2.05) is 25.1 Å². The zero-order valence-electron chi connectivity index (χ0n) is 18.1. The molecule has 170 valence electrons. The van der Waals surface area contributed by atoms with E-state index in [9.17, 15) is 13.2 Å². The van der Waals surface area contributed by atoms with E-state index in [4.69, 9.17) is 15.2 Å². The zero-order chi connectivity index (χ0) is 23.0. The first kappa shape index (κ1) is 22.1. The number of aromatic nitrogens is 2. The van der Waals surface area contributed by atoms with Crippen LogP contribution in [0.4, 0.5) is 24.7 Å². The standard InChI is InChI=1S/C23H25F3N4O2/c1-12-19(8-15(27)9-21(12)23(24,25)26)13(2)28-22-20-10-16(32-17-6-7-31-11-17)4-5-18(20)14(3)29-30-22/h4-5,8-10,13,17H,6-7,11,27H2,1-3H3,(H,28,30)/t13-,17+/m1/s1. The number of rotatable bonds is 5. The Bertz CT molecular complexity index is 1140. The summed E-state index contributed by atoms with van der Waals surface area (Å²) in [6.45, 7) is 6.29. The Morgan fingerprint density at radius 3 is 2.62 bits per heavy atom. The molecule has 2 aromatic carbocycles. The molecule has 2 heterocycles. The van der Waals surface area contributed by atoms with E-state index in [0.717, 1.165) is 29.0 Å². The van der Waals surface area contributed by atoms with Crippen LogP contribution in [0, 0.1) is 13.8 Å². The van der Waals surface area contributed by atoms with Gasteiger partial charge in [0.25, 0.3) is 0 Å². The number of aryl methyl sites for hydroxylation is 1. The molecule has 32 heavy (non-hydrogen) atoms. The van der Waals surface area contributed by atoms with Gasteiger partial charge in [0.2, 0.25) is 0 Å². The number of halogens is 3. The molecule has 0 aliphatic carbocycles. The molecule has 0 radical (unpaired) electrons. The number of hydrogen-bond acceptors (Lipinski definition) is 6. The smallest absolute Gasteiger partial charge is 0.416 e. The highest BCUT2D eigenvalue weighted by Gasteiger charge is 2.34. The molecule has 4 rings (SSSR count). The second-order valence-electron chi connectivity index (χ2n) is 8.09. The van der Waals surface area contributed by atoms with Gasteiger partial charge in [-0.2, -0.15) is 18.3 Å². The first-order valence-electron chi connectivity index (χ1n) is 10.4. The van der Waals surface area contributed by atoms with Crippen LogP contribution in [0.1, 0.15) is 41.8 Å². The van der Waals surface area contributed by atoms with Gasteiger partial charge >= 0.3 is 6.18 Å². The largest absolute Gasteiger partial charge is 0.488 e. The van der Waals surface area contributed by atoms with Crippen molar-refractivity contribution in [2.75, 3.05) is 24.3 Å². The average molecular weight is 446 g/mol. The van der Waals surface area contributed by atoms with E-state index in [2.05, 4.69) is 15.5 Å². The van der Waals surface area contributed by atoms with Crippen LogP contribution in [-0.2, 0) is 10.9 Å². The van der Waals surface area contributed by atoms with E-state index in [-0.39, 0.29) is 17.4 Å². The van der Waals surface area contributed by atoms with Crippen molar-refractivity contribution in [3.8, 4) is 5.75 Å². The number of alkyl halides is 3. The summed E-state index contributed by atoms with van der Waals surface area (Å²) < 4.78 is 51.7. The van der Waals surface area contributed by atoms with E-state index in [1.54, 1.807) is 13.0 Å². The van der Waals surface area contributed by atoms with Crippen LogP contribution in [0.25, 0.3) is 10.8 Å². The minimum absolute atomic E-state index is 0.00518. The molecular formula is C23H25F3N4O2. The number of benzene rings is 2. The molecule has 2 atom stereocenters. The minimum Gasteiger partial charge on any atom is -0.488 e. The molecule has 0 bridgehead atoms. The van der Waals surface area contributed by atoms with E-state index < -0.39 is 17.8 Å². The summed E-state index contributed by atoms with van der Waals surface area (Å²) in [7, 11) is 0. The molecule has 0 amide bonds. The van der Waals surface area contributed by atoms with Crippen LogP contribution in [0.15, 0.2) is 30.3 Å². The van der Waals surface area contributed by atoms with Crippen LogP contribution in [0.2, 0.25) is 0 Å². The first-order valence-corrected chi connectivity index (χ1v) is 10.4. The maximum atomic E-state index is 13.4. The van der Waals surface area contributed by atoms with Gasteiger partial charge in [-0.15, -0.1) is 5.10 Å². The first-order chi connectivity index (χ1) is 15.1. The van der Waals surface area contributed by atoms with Crippen molar-refractivity contribution in [1.29, 1.82) is 0 Å². The number of ether oxygens (including phenoxy) is 2. The zero-order valence-corrected chi connectivity index (χ0v) is 18.1. The molecular weight excluding hydrogens is 421 g/mol. The van der Waals surface area contributed by atoms with Crippen LogP contribution < -0.4 is 15.8 Å². The Labute approximate surface area is 183 Å². The van der Waals surface area contributed by atoms with Gasteiger partial charge in [0, 0.05) is 22.9 Å². The fourth-order valence-electron chi connectivity index (χ4n) is 4.03. The number of hydrogen-bond donors (Lipinski definition) is 2. The predicted molar refractivity (Wildman–Crippen MR) is 117 cm³/mol. The normalized spacial score (nSPS) is 17.5. The van der Waals surface area contributed by atoms with Crippen molar-refractivity contribution in [2.45, 2.75) is 45.5 Å². The van der Waals surface area contributed by atoms with Crippen molar-refractivity contribution < 1.29 is 22.6 Å². The number of anilines is 2. The van der Waals surface area contributed by atoms with Gasteiger partial charge in [-0.25, -0.2) is 0 Å². The quantitative estimate of drug-likeness (QED) is 0.525. The van der Waals surface area contributed by atoms with Crippen LogP contribution in [0.5, 0.6) is 5.75 Å². The van der Waals surface area contributed by atoms with Gasteiger partial charge in [-0.3, -0.25) is 0 Å². The molecule has 1 aromatic heterocycles. The van der Waals surface area contributed by atoms with Crippen molar-refractivity contribution in [2.24, 2.45) is 0 Å². The van der Waals surface area contributed by atoms with Gasteiger partial charge in [0.05, 0.1) is 30.5 Å². The fraction of sp³-hybridized carbons (Fsp3) is 0.391. The summed E-state index contributed by atoms with van der Waals surface area (Å²) in [4.78, 5) is 0. The molecule has 0 saturated carbocycles. The molecule has 1 aliphatic heterocycles. The molecule has 0 spiro atoms. The van der Waals surface area contributed by atoms with Crippen molar-refractivity contribution in [3.05, 3.63) is 52.7 Å². The number of nitrogen functional groups attached to an aromatic ring is 1. The summed E-state index contributed by atoms with van der Waals surface area (Å²) in [5, 5.41) is 13.4. The fourth-order valence-corrected chi connectivity index (χ4v) is 4.03. The monoisotopic (exact) mass is 446 g/mol. The second kappa shape index (κ2) is 8.46. The van der Waals surface area contributed by atoms with Crippen LogP contribution in [0.3, 0.4) is 0 Å². The predicted octanol–water partition coefficient (Wildman–Crippen LogP) is 5.19. The van der Waals surface area contributed by atoms with E-state index in [0.29, 0.717) is 30.3 Å². The molecule has 0 unspecified atom stereocenters. The minimum atomic E-state index is -4.49. The average Bonchev–Trinajstić information content (AvgIpc) is 3.23. The Morgan fingerprint density at radius 2 is 1.94 bits per heavy atom. The Kier molecular flexibility index (Phi) is 5.85. The second-order valence-corrected chi connectivity index (χ2v) is 8.09. The molecule has 6 nitrogen and oxygen atoms in total. The van der Waals surface area contributed by atoms with Gasteiger partial charge in [-0.1, -0.05) is 0 Å². The van der Waals surface area contributed by atoms with E-state index in [1.165, 1.54) is 6.92 Å². The summed E-state index contributed by atoms with van der Waals surface area (Å²) >= 11 is 0. The molecule has 9 heteroatoms. The highest BCUT2D eigenvalue weighted by molar-refractivity contribution is 5.94. The van der Waals surface area contributed by atoms with Crippen molar-refractivity contribution in [3.63, 3.8) is 0 Å². The topological polar surface area (TPSA) is 82.3 Å². The third-order valence-electron chi connectivity index (χ3n) is 5.72. The number of nitrogens with zero attached hydrogens (tertiary/aromatic N) is 2. The maximum Gasteiger partial charge on any atom is 0.416 e. The highest BCUT2D eigenvalue weighted by atomic mass is 19.4. The van der Waals surface area contributed by atoms with Crippen LogP contribution >= 0.6 is 0 Å². The van der Waals surface area contributed by atoms with E-state index >= 15 is 0 Å². The summed E-state index contributed by atoms with van der Waals surface area (Å²) in [5.74, 6) is 1.14. The summed E-state index contributed by atoms with van der Waals surface area (Å²) in [6.07, 6.45) is -3.67. The van der Waals surface area contributed by atoms with Gasteiger partial charge in [0.1, 0.15) is 11.9 Å². The summed E-state index contributed by atoms with van der Waals surface area (Å²) in [5.41, 5.74) is 6.42.